The van der Waals surface area contributed by atoms with Gasteiger partial charge < -0.3 is 5.11 Å². The molecule has 0 amide bonds. The number of aliphatic carboxylic acids is 1. The van der Waals surface area contributed by atoms with Crippen LogP contribution in [0.25, 0.3) is 0 Å². The SMILES string of the molecule is O=C(O)C1CCCN1C1CCC(S(=O)(=O)c2ccccc2Cl)CC1. The zero-order valence-corrected chi connectivity index (χ0v) is 15.0. The molecular formula is C17H22ClNO4S. The van der Waals surface area contributed by atoms with Gasteiger partial charge in [0.05, 0.1) is 15.2 Å². The summed E-state index contributed by atoms with van der Waals surface area (Å²) < 4.78 is 25.6. The van der Waals surface area contributed by atoms with E-state index in [-0.39, 0.29) is 16.0 Å². The lowest BCUT2D eigenvalue weighted by molar-refractivity contribution is -0.143. The summed E-state index contributed by atoms with van der Waals surface area (Å²) in [6.45, 7) is 0.795. The first-order valence-electron chi connectivity index (χ1n) is 8.38. The molecule has 1 aliphatic heterocycles. The molecule has 0 spiro atoms. The fourth-order valence-corrected chi connectivity index (χ4v) is 6.35. The third kappa shape index (κ3) is 3.32. The number of hydrogen-bond donors (Lipinski definition) is 1. The van der Waals surface area contributed by atoms with Gasteiger partial charge in [-0.05, 0) is 57.2 Å². The molecule has 3 rings (SSSR count). The maximum absolute atomic E-state index is 12.8. The van der Waals surface area contributed by atoms with Crippen LogP contribution in [0.5, 0.6) is 0 Å². The molecule has 1 saturated heterocycles. The van der Waals surface area contributed by atoms with E-state index < -0.39 is 27.1 Å². The average molecular weight is 372 g/mol. The van der Waals surface area contributed by atoms with Crippen molar-refractivity contribution in [3.8, 4) is 0 Å². The van der Waals surface area contributed by atoms with Gasteiger partial charge >= 0.3 is 5.97 Å². The number of sulfone groups is 1. The number of benzene rings is 1. The smallest absolute Gasteiger partial charge is 0.320 e. The van der Waals surface area contributed by atoms with Crippen LogP contribution < -0.4 is 0 Å². The summed E-state index contributed by atoms with van der Waals surface area (Å²) in [4.78, 5) is 13.6. The molecule has 1 aromatic rings. The van der Waals surface area contributed by atoms with Crippen LogP contribution in [-0.4, -0.2) is 48.3 Å². The Morgan fingerprint density at radius 2 is 1.79 bits per heavy atom. The van der Waals surface area contributed by atoms with Gasteiger partial charge in [0.2, 0.25) is 0 Å². The summed E-state index contributed by atoms with van der Waals surface area (Å²) in [7, 11) is -3.44. The van der Waals surface area contributed by atoms with Crippen molar-refractivity contribution >= 4 is 27.4 Å². The molecule has 5 nitrogen and oxygen atoms in total. The maximum Gasteiger partial charge on any atom is 0.320 e. The van der Waals surface area contributed by atoms with E-state index in [1.54, 1.807) is 24.3 Å². The zero-order chi connectivity index (χ0) is 17.3. The molecule has 2 aliphatic rings. The third-order valence-electron chi connectivity index (χ3n) is 5.27. The minimum absolute atomic E-state index is 0.172. The number of likely N-dealkylation sites (tertiary alicyclic amines) is 1. The van der Waals surface area contributed by atoms with Crippen LogP contribution in [0.4, 0.5) is 0 Å². The average Bonchev–Trinajstić information content (AvgIpc) is 3.05. The summed E-state index contributed by atoms with van der Waals surface area (Å²) in [5, 5.41) is 9.16. The molecule has 132 valence electrons. The van der Waals surface area contributed by atoms with E-state index >= 15 is 0 Å². The van der Waals surface area contributed by atoms with Gasteiger partial charge in [0, 0.05) is 6.04 Å². The Morgan fingerprint density at radius 1 is 1.12 bits per heavy atom. The molecule has 2 fully saturated rings. The van der Waals surface area contributed by atoms with Crippen molar-refractivity contribution in [1.82, 2.24) is 4.90 Å². The molecule has 1 atom stereocenters. The van der Waals surface area contributed by atoms with Gasteiger partial charge in [0.15, 0.2) is 9.84 Å². The quantitative estimate of drug-likeness (QED) is 0.880. The van der Waals surface area contributed by atoms with Crippen molar-refractivity contribution in [3.05, 3.63) is 29.3 Å². The van der Waals surface area contributed by atoms with Crippen molar-refractivity contribution in [1.29, 1.82) is 0 Å². The lowest BCUT2D eigenvalue weighted by Gasteiger charge is -2.36. The summed E-state index contributed by atoms with van der Waals surface area (Å²) in [5.41, 5.74) is 0. The van der Waals surface area contributed by atoms with Crippen LogP contribution in [0.2, 0.25) is 5.02 Å². The highest BCUT2D eigenvalue weighted by atomic mass is 35.5. The molecule has 1 saturated carbocycles. The maximum atomic E-state index is 12.8. The number of rotatable bonds is 4. The number of halogens is 1. The van der Waals surface area contributed by atoms with Crippen LogP contribution in [0.1, 0.15) is 38.5 Å². The number of carboxylic acids is 1. The highest BCUT2D eigenvalue weighted by molar-refractivity contribution is 7.92. The third-order valence-corrected chi connectivity index (χ3v) is 8.03. The molecule has 1 unspecified atom stereocenters. The standard InChI is InChI=1S/C17H22ClNO4S/c18-14-4-1-2-6-16(14)24(22,23)13-9-7-12(8-10-13)19-11-3-5-15(19)17(20)21/h1-2,4,6,12-13,15H,3,5,7-11H2,(H,20,21). The van der Waals surface area contributed by atoms with Gasteiger partial charge in [-0.3, -0.25) is 9.69 Å². The summed E-state index contributed by atoms with van der Waals surface area (Å²) in [6, 6.07) is 6.33. The number of hydrogen-bond acceptors (Lipinski definition) is 4. The number of nitrogens with zero attached hydrogens (tertiary/aromatic N) is 1. The van der Waals surface area contributed by atoms with E-state index in [1.807, 2.05) is 0 Å². The van der Waals surface area contributed by atoms with E-state index in [9.17, 15) is 18.3 Å². The lowest BCUT2D eigenvalue weighted by atomic mass is 9.93. The Kier molecular flexibility index (Phi) is 5.18. The van der Waals surface area contributed by atoms with Gasteiger partial charge in [-0.25, -0.2) is 8.42 Å². The molecule has 7 heteroatoms. The molecule has 1 aromatic carbocycles. The summed E-state index contributed by atoms with van der Waals surface area (Å²) >= 11 is 6.06. The monoisotopic (exact) mass is 371 g/mol. The van der Waals surface area contributed by atoms with Crippen molar-refractivity contribution in [2.75, 3.05) is 6.54 Å². The highest BCUT2D eigenvalue weighted by Crippen LogP contribution is 2.35. The van der Waals surface area contributed by atoms with E-state index in [1.165, 1.54) is 0 Å². The van der Waals surface area contributed by atoms with Crippen molar-refractivity contribution in [2.45, 2.75) is 60.8 Å². The summed E-state index contributed by atoms with van der Waals surface area (Å²) in [6.07, 6.45) is 4.14. The normalized spacial score (nSPS) is 28.8. The lowest BCUT2D eigenvalue weighted by Crippen LogP contribution is -2.46. The molecule has 0 bridgehead atoms. The van der Waals surface area contributed by atoms with Crippen molar-refractivity contribution in [3.63, 3.8) is 0 Å². The highest BCUT2D eigenvalue weighted by Gasteiger charge is 2.39. The first kappa shape index (κ1) is 17.7. The predicted molar refractivity (Wildman–Crippen MR) is 92.0 cm³/mol. The largest absolute Gasteiger partial charge is 0.480 e. The summed E-state index contributed by atoms with van der Waals surface area (Å²) in [5.74, 6) is -0.765. The van der Waals surface area contributed by atoms with Crippen LogP contribution in [0.15, 0.2) is 29.2 Å². The number of carbonyl (C=O) groups is 1. The molecule has 1 N–H and O–H groups in total. The van der Waals surface area contributed by atoms with E-state index in [2.05, 4.69) is 4.90 Å². The van der Waals surface area contributed by atoms with E-state index in [0.29, 0.717) is 19.3 Å². The molecule has 1 heterocycles. The zero-order valence-electron chi connectivity index (χ0n) is 13.4. The molecule has 0 radical (unpaired) electrons. The van der Waals surface area contributed by atoms with Gasteiger partial charge in [0.25, 0.3) is 0 Å². The Labute approximate surface area is 147 Å². The first-order valence-corrected chi connectivity index (χ1v) is 10.3. The van der Waals surface area contributed by atoms with Crippen molar-refractivity contribution in [2.24, 2.45) is 0 Å². The van der Waals surface area contributed by atoms with Crippen LogP contribution in [-0.2, 0) is 14.6 Å². The molecule has 1 aliphatic carbocycles. The van der Waals surface area contributed by atoms with Crippen molar-refractivity contribution < 1.29 is 18.3 Å². The fourth-order valence-electron chi connectivity index (χ4n) is 4.03. The Hall–Kier alpha value is -1.11. The van der Waals surface area contributed by atoms with E-state index in [0.717, 1.165) is 25.8 Å². The van der Waals surface area contributed by atoms with Crippen LogP contribution in [0, 0.1) is 0 Å². The Balaban J connectivity index is 1.69. The minimum atomic E-state index is -3.44. The molecular weight excluding hydrogens is 350 g/mol. The fraction of sp³-hybridized carbons (Fsp3) is 0.588. The Morgan fingerprint density at radius 3 is 2.42 bits per heavy atom. The topological polar surface area (TPSA) is 74.7 Å². The molecule has 0 aromatic heterocycles. The molecule has 24 heavy (non-hydrogen) atoms. The Bertz CT molecular complexity index is 713. The second-order valence-electron chi connectivity index (χ2n) is 6.64. The minimum Gasteiger partial charge on any atom is -0.480 e. The number of carboxylic acid groups (broad SMARTS) is 1. The first-order chi connectivity index (χ1) is 11.4. The van der Waals surface area contributed by atoms with Crippen LogP contribution in [0.3, 0.4) is 0 Å². The van der Waals surface area contributed by atoms with E-state index in [4.69, 9.17) is 11.6 Å². The second-order valence-corrected chi connectivity index (χ2v) is 9.24. The van der Waals surface area contributed by atoms with Crippen LogP contribution >= 0.6 is 11.6 Å². The predicted octanol–water partition coefficient (Wildman–Crippen LogP) is 2.97. The second kappa shape index (κ2) is 7.02. The van der Waals surface area contributed by atoms with Gasteiger partial charge in [-0.15, -0.1) is 0 Å². The van der Waals surface area contributed by atoms with Gasteiger partial charge in [-0.2, -0.15) is 0 Å². The van der Waals surface area contributed by atoms with Gasteiger partial charge in [0.1, 0.15) is 6.04 Å². The van der Waals surface area contributed by atoms with Gasteiger partial charge in [-0.1, -0.05) is 23.7 Å².